The second kappa shape index (κ2) is 7.63. The van der Waals surface area contributed by atoms with Crippen molar-refractivity contribution < 1.29 is 9.53 Å². The summed E-state index contributed by atoms with van der Waals surface area (Å²) in [6.45, 7) is 5.89. The highest BCUT2D eigenvalue weighted by Crippen LogP contribution is 2.22. The van der Waals surface area contributed by atoms with Crippen LogP contribution in [0.25, 0.3) is 0 Å². The van der Waals surface area contributed by atoms with Crippen molar-refractivity contribution >= 4 is 46.9 Å². The number of aromatic nitrogens is 2. The van der Waals surface area contributed by atoms with Gasteiger partial charge in [-0.1, -0.05) is 23.8 Å². The molecule has 0 unspecified atom stereocenters. The van der Waals surface area contributed by atoms with Gasteiger partial charge in [0.2, 0.25) is 0 Å². The van der Waals surface area contributed by atoms with Gasteiger partial charge >= 0.3 is 6.09 Å². The summed E-state index contributed by atoms with van der Waals surface area (Å²) in [5, 5.41) is 10.4. The number of carbonyl (C=O) groups is 1. The lowest BCUT2D eigenvalue weighted by Gasteiger charge is -2.20. The van der Waals surface area contributed by atoms with Crippen LogP contribution in [-0.2, 0) is 11.3 Å². The standard InChI is InChI=1S/C16H19ClN4O2S/c1-16(2,3)23-15(22)19-12-4-5-13(17)11(8-12)9-21-7-6-14(20-21)18-10-24/h4-8,10H,9H2,1-3H3,(H,19,22)(H,18,20,24). The van der Waals surface area contributed by atoms with Crippen molar-refractivity contribution in [3.8, 4) is 0 Å². The lowest BCUT2D eigenvalue weighted by molar-refractivity contribution is 0.0636. The summed E-state index contributed by atoms with van der Waals surface area (Å²) in [7, 11) is 0. The summed E-state index contributed by atoms with van der Waals surface area (Å²) in [6, 6.07) is 7.04. The number of rotatable bonds is 5. The van der Waals surface area contributed by atoms with Gasteiger partial charge in [-0.15, -0.1) is 0 Å². The number of ether oxygens (including phenoxy) is 1. The maximum absolute atomic E-state index is 11.9. The predicted molar refractivity (Wildman–Crippen MR) is 99.9 cm³/mol. The van der Waals surface area contributed by atoms with Crippen molar-refractivity contribution in [2.75, 3.05) is 10.6 Å². The predicted octanol–water partition coefficient (Wildman–Crippen LogP) is 4.30. The first-order chi connectivity index (χ1) is 11.3. The second-order valence-corrected chi connectivity index (χ2v) is 6.74. The molecule has 1 aromatic heterocycles. The van der Waals surface area contributed by atoms with Crippen molar-refractivity contribution in [3.05, 3.63) is 41.0 Å². The zero-order chi connectivity index (χ0) is 17.7. The molecule has 0 spiro atoms. The van der Waals surface area contributed by atoms with Crippen LogP contribution in [-0.4, -0.2) is 27.0 Å². The Labute approximate surface area is 151 Å². The molecule has 0 radical (unpaired) electrons. The minimum absolute atomic E-state index is 0.460. The van der Waals surface area contributed by atoms with Gasteiger partial charge in [0.1, 0.15) is 5.60 Å². The topological polar surface area (TPSA) is 68.2 Å². The summed E-state index contributed by atoms with van der Waals surface area (Å²) in [5.41, 5.74) is 2.26. The monoisotopic (exact) mass is 366 g/mol. The molecule has 1 aromatic carbocycles. The average Bonchev–Trinajstić information content (AvgIpc) is 2.88. The molecule has 0 saturated heterocycles. The Morgan fingerprint density at radius 1 is 1.42 bits per heavy atom. The molecule has 1 heterocycles. The Balaban J connectivity index is 2.10. The molecule has 2 rings (SSSR count). The molecule has 24 heavy (non-hydrogen) atoms. The van der Waals surface area contributed by atoms with Crippen molar-refractivity contribution in [3.63, 3.8) is 0 Å². The van der Waals surface area contributed by atoms with E-state index >= 15 is 0 Å². The maximum atomic E-state index is 11.9. The number of carbonyl (C=O) groups excluding carboxylic acids is 1. The van der Waals surface area contributed by atoms with E-state index in [1.807, 2.05) is 27.0 Å². The number of amides is 1. The number of halogens is 1. The maximum Gasteiger partial charge on any atom is 0.412 e. The van der Waals surface area contributed by atoms with Crippen molar-refractivity contribution in [2.24, 2.45) is 0 Å². The molecule has 0 bridgehead atoms. The fourth-order valence-electron chi connectivity index (χ4n) is 1.96. The van der Waals surface area contributed by atoms with E-state index in [0.29, 0.717) is 23.1 Å². The Morgan fingerprint density at radius 3 is 2.83 bits per heavy atom. The van der Waals surface area contributed by atoms with E-state index in [1.54, 1.807) is 28.9 Å². The molecule has 0 aliphatic carbocycles. The van der Waals surface area contributed by atoms with E-state index in [0.717, 1.165) is 5.56 Å². The minimum atomic E-state index is -0.556. The van der Waals surface area contributed by atoms with Gasteiger partial charge in [0, 0.05) is 23.0 Å². The Morgan fingerprint density at radius 2 is 2.17 bits per heavy atom. The first-order valence-electron chi connectivity index (χ1n) is 7.29. The summed E-state index contributed by atoms with van der Waals surface area (Å²) < 4.78 is 6.96. The van der Waals surface area contributed by atoms with Crippen molar-refractivity contribution in [1.29, 1.82) is 0 Å². The number of hydrogen-bond donors (Lipinski definition) is 2. The molecular formula is C16H19ClN4O2S. The van der Waals surface area contributed by atoms with Gasteiger partial charge in [-0.3, -0.25) is 10.00 Å². The van der Waals surface area contributed by atoms with Crippen LogP contribution in [0.2, 0.25) is 5.02 Å². The van der Waals surface area contributed by atoms with Crippen LogP contribution in [0, 0.1) is 0 Å². The van der Waals surface area contributed by atoms with Crippen molar-refractivity contribution in [2.45, 2.75) is 32.9 Å². The first-order valence-corrected chi connectivity index (χ1v) is 8.14. The van der Waals surface area contributed by atoms with Gasteiger partial charge in [-0.05, 0) is 44.5 Å². The summed E-state index contributed by atoms with van der Waals surface area (Å²) >= 11 is 11.0. The molecule has 1 amide bonds. The molecule has 0 saturated carbocycles. The molecule has 2 N–H and O–H groups in total. The molecule has 0 aliphatic rings. The Bertz CT molecular complexity index is 740. The summed E-state index contributed by atoms with van der Waals surface area (Å²) in [6.07, 6.45) is 1.30. The molecule has 2 aromatic rings. The van der Waals surface area contributed by atoms with E-state index in [4.69, 9.17) is 28.6 Å². The molecular weight excluding hydrogens is 348 g/mol. The van der Waals surface area contributed by atoms with Gasteiger partial charge in [0.15, 0.2) is 5.82 Å². The molecule has 0 aliphatic heterocycles. The Hall–Kier alpha value is -2.12. The van der Waals surface area contributed by atoms with Crippen LogP contribution in [0.4, 0.5) is 16.3 Å². The van der Waals surface area contributed by atoms with Gasteiger partial charge in [-0.2, -0.15) is 5.10 Å². The zero-order valence-electron chi connectivity index (χ0n) is 13.7. The molecule has 128 valence electrons. The largest absolute Gasteiger partial charge is 0.444 e. The van der Waals surface area contributed by atoms with Crippen LogP contribution in [0.5, 0.6) is 0 Å². The second-order valence-electron chi connectivity index (χ2n) is 6.09. The molecule has 0 atom stereocenters. The zero-order valence-corrected chi connectivity index (χ0v) is 15.2. The van der Waals surface area contributed by atoms with E-state index in [2.05, 4.69) is 15.7 Å². The fraction of sp³-hybridized carbons (Fsp3) is 0.312. The highest BCUT2D eigenvalue weighted by atomic mass is 35.5. The quantitative estimate of drug-likeness (QED) is 0.772. The third kappa shape index (κ3) is 5.50. The number of thiocarbonyl (C=S) groups is 1. The summed E-state index contributed by atoms with van der Waals surface area (Å²) in [5.74, 6) is 0.657. The van der Waals surface area contributed by atoms with Crippen molar-refractivity contribution in [1.82, 2.24) is 9.78 Å². The van der Waals surface area contributed by atoms with Gasteiger partial charge < -0.3 is 10.1 Å². The fourth-order valence-corrected chi connectivity index (χ4v) is 2.25. The average molecular weight is 367 g/mol. The van der Waals surface area contributed by atoms with Crippen LogP contribution < -0.4 is 10.6 Å². The molecule has 0 fully saturated rings. The number of nitrogens with one attached hydrogen (secondary N) is 2. The third-order valence-electron chi connectivity index (χ3n) is 2.87. The molecule has 6 nitrogen and oxygen atoms in total. The van der Waals surface area contributed by atoms with Crippen LogP contribution >= 0.6 is 23.8 Å². The number of anilines is 2. The van der Waals surface area contributed by atoms with E-state index in [-0.39, 0.29) is 0 Å². The smallest absolute Gasteiger partial charge is 0.412 e. The summed E-state index contributed by atoms with van der Waals surface area (Å²) in [4.78, 5) is 11.9. The normalized spacial score (nSPS) is 11.0. The van der Waals surface area contributed by atoms with Crippen LogP contribution in [0.15, 0.2) is 30.5 Å². The van der Waals surface area contributed by atoms with Gasteiger partial charge in [0.05, 0.1) is 12.0 Å². The first kappa shape index (κ1) is 18.2. The highest BCUT2D eigenvalue weighted by molar-refractivity contribution is 7.79. The SMILES string of the molecule is CC(C)(C)OC(=O)Nc1ccc(Cl)c(Cn2ccc(NC=S)n2)c1. The van der Waals surface area contributed by atoms with Gasteiger partial charge in [0.25, 0.3) is 0 Å². The number of nitrogens with zero attached hydrogens (tertiary/aromatic N) is 2. The Kier molecular flexibility index (Phi) is 5.80. The van der Waals surface area contributed by atoms with E-state index in [1.165, 1.54) is 5.49 Å². The highest BCUT2D eigenvalue weighted by Gasteiger charge is 2.16. The lowest BCUT2D eigenvalue weighted by Crippen LogP contribution is -2.27. The van der Waals surface area contributed by atoms with Gasteiger partial charge in [-0.25, -0.2) is 4.79 Å². The number of hydrogen-bond acceptors (Lipinski definition) is 4. The van der Waals surface area contributed by atoms with E-state index < -0.39 is 11.7 Å². The lowest BCUT2D eigenvalue weighted by atomic mass is 10.2. The van der Waals surface area contributed by atoms with Crippen LogP contribution in [0.1, 0.15) is 26.3 Å². The minimum Gasteiger partial charge on any atom is -0.444 e. The molecule has 8 heteroatoms. The third-order valence-corrected chi connectivity index (χ3v) is 3.36. The van der Waals surface area contributed by atoms with E-state index in [9.17, 15) is 4.79 Å². The van der Waals surface area contributed by atoms with Crippen LogP contribution in [0.3, 0.4) is 0 Å². The number of benzene rings is 1.